The first-order chi connectivity index (χ1) is 14.1. The van der Waals surface area contributed by atoms with Gasteiger partial charge >= 0.3 is 0 Å². The molecule has 4 nitrogen and oxygen atoms in total. The van der Waals surface area contributed by atoms with E-state index in [-0.39, 0.29) is 21.3 Å². The fourth-order valence-corrected chi connectivity index (χ4v) is 4.21. The van der Waals surface area contributed by atoms with Crippen LogP contribution in [0.25, 0.3) is 0 Å². The van der Waals surface area contributed by atoms with Crippen molar-refractivity contribution < 1.29 is 17.9 Å². The molecule has 0 aliphatic rings. The van der Waals surface area contributed by atoms with E-state index in [1.54, 1.807) is 36.4 Å². The lowest BCUT2D eigenvalue weighted by Crippen LogP contribution is -2.11. The van der Waals surface area contributed by atoms with Crippen molar-refractivity contribution in [1.82, 2.24) is 0 Å². The molecule has 3 rings (SSSR count). The third-order valence-corrected chi connectivity index (χ3v) is 6.38. The van der Waals surface area contributed by atoms with Gasteiger partial charge in [-0.15, -0.1) is 0 Å². The number of hydrogen-bond donors (Lipinski definition) is 0. The molecule has 0 unspecified atom stereocenters. The largest absolute Gasteiger partial charge is 0.491 e. The predicted octanol–water partition coefficient (Wildman–Crippen LogP) is 6.40. The maximum Gasteiger partial charge on any atom is 0.206 e. The summed E-state index contributed by atoms with van der Waals surface area (Å²) in [5.74, 6) is 1.99. The lowest BCUT2D eigenvalue weighted by Gasteiger charge is -2.19. The summed E-state index contributed by atoms with van der Waals surface area (Å²) >= 11 is 0. The average molecular weight is 425 g/mol. The standard InChI is InChI=1S/C25H28O4S/c1-18(2)28-20-8-10-21(11-9-20)29-22-12-16-24(17-13-22)30(26,27)23-14-6-19(7-15-23)25(3,4)5/h6-18H,1-5H3. The molecule has 3 aromatic carbocycles. The van der Waals surface area contributed by atoms with E-state index in [1.807, 2.05) is 50.2 Å². The number of rotatable bonds is 6. The summed E-state index contributed by atoms with van der Waals surface area (Å²) < 4.78 is 37.3. The molecular formula is C25H28O4S. The molecule has 30 heavy (non-hydrogen) atoms. The lowest BCUT2D eigenvalue weighted by atomic mass is 9.87. The van der Waals surface area contributed by atoms with Gasteiger partial charge in [0.25, 0.3) is 0 Å². The molecule has 0 spiro atoms. The zero-order valence-electron chi connectivity index (χ0n) is 18.0. The van der Waals surface area contributed by atoms with Gasteiger partial charge in [0.05, 0.1) is 15.9 Å². The van der Waals surface area contributed by atoms with Gasteiger partial charge in [-0.3, -0.25) is 0 Å². The Balaban J connectivity index is 1.74. The molecule has 5 heteroatoms. The van der Waals surface area contributed by atoms with Crippen molar-refractivity contribution in [3.05, 3.63) is 78.4 Å². The number of benzene rings is 3. The van der Waals surface area contributed by atoms with Crippen LogP contribution >= 0.6 is 0 Å². The first-order valence-corrected chi connectivity index (χ1v) is 11.4. The molecule has 0 saturated heterocycles. The third kappa shape index (κ3) is 5.22. The minimum absolute atomic E-state index is 0.0274. The number of ether oxygens (including phenoxy) is 2. The summed E-state index contributed by atoms with van der Waals surface area (Å²) in [5.41, 5.74) is 1.07. The predicted molar refractivity (Wildman–Crippen MR) is 119 cm³/mol. The van der Waals surface area contributed by atoms with Crippen LogP contribution in [-0.2, 0) is 15.3 Å². The SMILES string of the molecule is CC(C)Oc1ccc(Oc2ccc(S(=O)(=O)c3ccc(C(C)(C)C)cc3)cc2)cc1. The van der Waals surface area contributed by atoms with Gasteiger partial charge in [0.2, 0.25) is 9.84 Å². The highest BCUT2D eigenvalue weighted by Crippen LogP contribution is 2.29. The Kier molecular flexibility index (Phi) is 6.22. The summed E-state index contributed by atoms with van der Waals surface area (Å²) in [6.45, 7) is 10.2. The minimum atomic E-state index is -3.58. The van der Waals surface area contributed by atoms with Crippen molar-refractivity contribution >= 4 is 9.84 Å². The Morgan fingerprint density at radius 3 is 1.50 bits per heavy atom. The highest BCUT2D eigenvalue weighted by Gasteiger charge is 2.19. The zero-order chi connectivity index (χ0) is 21.9. The molecule has 3 aromatic rings. The summed E-state index contributed by atoms with van der Waals surface area (Å²) in [6, 6.07) is 20.9. The van der Waals surface area contributed by atoms with Crippen LogP contribution in [0.15, 0.2) is 82.6 Å². The maximum absolute atomic E-state index is 12.9. The molecule has 0 N–H and O–H groups in total. The first-order valence-electron chi connectivity index (χ1n) is 9.96. The normalized spacial score (nSPS) is 12.1. The molecule has 0 heterocycles. The second-order valence-electron chi connectivity index (χ2n) is 8.49. The van der Waals surface area contributed by atoms with Crippen molar-refractivity contribution in [2.45, 2.75) is 55.9 Å². The van der Waals surface area contributed by atoms with Gasteiger partial charge in [0.1, 0.15) is 17.2 Å². The van der Waals surface area contributed by atoms with Gasteiger partial charge in [-0.05, 0) is 85.5 Å². The summed E-state index contributed by atoms with van der Waals surface area (Å²) in [7, 11) is -3.58. The molecule has 0 saturated carbocycles. The van der Waals surface area contributed by atoms with Crippen LogP contribution in [0.5, 0.6) is 17.2 Å². The average Bonchev–Trinajstić information content (AvgIpc) is 2.69. The van der Waals surface area contributed by atoms with Crippen molar-refractivity contribution in [3.63, 3.8) is 0 Å². The van der Waals surface area contributed by atoms with E-state index in [0.29, 0.717) is 11.5 Å². The van der Waals surface area contributed by atoms with E-state index in [1.165, 1.54) is 0 Å². The summed E-state index contributed by atoms with van der Waals surface area (Å²) in [5, 5.41) is 0. The van der Waals surface area contributed by atoms with Crippen LogP contribution in [-0.4, -0.2) is 14.5 Å². The molecule has 0 aliphatic carbocycles. The highest BCUT2D eigenvalue weighted by molar-refractivity contribution is 7.91. The van der Waals surface area contributed by atoms with Crippen LogP contribution in [0.1, 0.15) is 40.2 Å². The molecule has 0 bridgehead atoms. The Bertz CT molecular complexity index is 1070. The molecular weight excluding hydrogens is 396 g/mol. The van der Waals surface area contributed by atoms with Crippen LogP contribution in [0.4, 0.5) is 0 Å². The van der Waals surface area contributed by atoms with Crippen LogP contribution in [0, 0.1) is 0 Å². The number of hydrogen-bond acceptors (Lipinski definition) is 4. The van der Waals surface area contributed by atoms with Gasteiger partial charge in [0.15, 0.2) is 0 Å². The molecule has 0 amide bonds. The van der Waals surface area contributed by atoms with E-state index in [4.69, 9.17) is 9.47 Å². The summed E-state index contributed by atoms with van der Waals surface area (Å²) in [4.78, 5) is 0.518. The van der Waals surface area contributed by atoms with Gasteiger partial charge in [0, 0.05) is 0 Å². The van der Waals surface area contributed by atoms with Crippen molar-refractivity contribution in [3.8, 4) is 17.2 Å². The Hall–Kier alpha value is -2.79. The van der Waals surface area contributed by atoms with Gasteiger partial charge < -0.3 is 9.47 Å². The Morgan fingerprint density at radius 1 is 0.667 bits per heavy atom. The highest BCUT2D eigenvalue weighted by atomic mass is 32.2. The summed E-state index contributed by atoms with van der Waals surface area (Å²) in [6.07, 6.45) is 0.107. The first kappa shape index (κ1) is 21.9. The van der Waals surface area contributed by atoms with Crippen LogP contribution in [0.2, 0.25) is 0 Å². The van der Waals surface area contributed by atoms with Crippen molar-refractivity contribution in [2.24, 2.45) is 0 Å². The third-order valence-electron chi connectivity index (χ3n) is 4.60. The molecule has 0 radical (unpaired) electrons. The van der Waals surface area contributed by atoms with E-state index >= 15 is 0 Å². The van der Waals surface area contributed by atoms with E-state index < -0.39 is 9.84 Å². The van der Waals surface area contributed by atoms with Gasteiger partial charge in [-0.25, -0.2) is 8.42 Å². The minimum Gasteiger partial charge on any atom is -0.491 e. The topological polar surface area (TPSA) is 52.6 Å². The lowest BCUT2D eigenvalue weighted by molar-refractivity contribution is 0.242. The quantitative estimate of drug-likeness (QED) is 0.460. The Morgan fingerprint density at radius 2 is 1.07 bits per heavy atom. The van der Waals surface area contributed by atoms with Crippen molar-refractivity contribution in [1.29, 1.82) is 0 Å². The van der Waals surface area contributed by atoms with E-state index in [2.05, 4.69) is 20.8 Å². The van der Waals surface area contributed by atoms with E-state index in [0.717, 1.165) is 11.3 Å². The van der Waals surface area contributed by atoms with E-state index in [9.17, 15) is 8.42 Å². The monoisotopic (exact) mass is 424 g/mol. The fraction of sp³-hybridized carbons (Fsp3) is 0.280. The van der Waals surface area contributed by atoms with Gasteiger partial charge in [-0.2, -0.15) is 0 Å². The van der Waals surface area contributed by atoms with Crippen LogP contribution < -0.4 is 9.47 Å². The molecule has 158 valence electrons. The maximum atomic E-state index is 12.9. The molecule has 0 fully saturated rings. The van der Waals surface area contributed by atoms with Gasteiger partial charge in [-0.1, -0.05) is 32.9 Å². The number of sulfone groups is 1. The molecule has 0 atom stereocenters. The van der Waals surface area contributed by atoms with Crippen molar-refractivity contribution in [2.75, 3.05) is 0 Å². The Labute approximate surface area is 179 Å². The molecule has 0 aliphatic heterocycles. The van der Waals surface area contributed by atoms with Crippen LogP contribution in [0.3, 0.4) is 0 Å². The second kappa shape index (κ2) is 8.52. The zero-order valence-corrected chi connectivity index (χ0v) is 18.9. The molecule has 0 aromatic heterocycles. The fourth-order valence-electron chi connectivity index (χ4n) is 2.95. The second-order valence-corrected chi connectivity index (χ2v) is 10.4. The smallest absolute Gasteiger partial charge is 0.206 e.